The summed E-state index contributed by atoms with van der Waals surface area (Å²) >= 11 is 5.58. The molecule has 0 fully saturated rings. The lowest BCUT2D eigenvalue weighted by Crippen LogP contribution is -2.11. The smallest absolute Gasteiger partial charge is 0.354 e. The molecule has 0 aliphatic carbocycles. The van der Waals surface area contributed by atoms with Gasteiger partial charge in [-0.3, -0.25) is 4.79 Å². The summed E-state index contributed by atoms with van der Waals surface area (Å²) in [5, 5.41) is 5.08. The molecule has 1 aromatic carbocycles. The van der Waals surface area contributed by atoms with Gasteiger partial charge in [0.15, 0.2) is 0 Å². The Morgan fingerprint density at radius 2 is 1.92 bits per heavy atom. The predicted octanol–water partition coefficient (Wildman–Crippen LogP) is 5.24. The Morgan fingerprint density at radius 3 is 2.50 bits per heavy atom. The van der Waals surface area contributed by atoms with Crippen molar-refractivity contribution in [3.8, 4) is 0 Å². The van der Waals surface area contributed by atoms with Gasteiger partial charge < -0.3 is 10.6 Å². The number of rotatable bonds is 5. The molecule has 2 N–H and O–H groups in total. The second-order valence-electron chi connectivity index (χ2n) is 5.05. The van der Waals surface area contributed by atoms with Crippen molar-refractivity contribution in [1.29, 1.82) is 0 Å². The molecule has 0 saturated heterocycles. The van der Waals surface area contributed by atoms with Gasteiger partial charge in [-0.25, -0.2) is 4.98 Å². The van der Waals surface area contributed by atoms with Crippen LogP contribution in [0.4, 0.5) is 30.4 Å². The Hall–Kier alpha value is -2.28. The summed E-state index contributed by atoms with van der Waals surface area (Å²) in [6.45, 7) is 1.89. The maximum absolute atomic E-state index is 12.8. The van der Waals surface area contributed by atoms with Crippen molar-refractivity contribution in [1.82, 2.24) is 4.98 Å². The number of carbonyl (C=O) groups excluding carboxylic acids is 1. The molecule has 0 bridgehead atoms. The lowest BCUT2D eigenvalue weighted by atomic mass is 10.2. The predicted molar refractivity (Wildman–Crippen MR) is 87.5 cm³/mol. The molecule has 2 rings (SSSR count). The number of benzene rings is 1. The van der Waals surface area contributed by atoms with E-state index in [0.717, 1.165) is 12.5 Å². The summed E-state index contributed by atoms with van der Waals surface area (Å²) in [4.78, 5) is 15.5. The van der Waals surface area contributed by atoms with Crippen LogP contribution in [0.15, 0.2) is 36.5 Å². The Balaban J connectivity index is 2.10. The van der Waals surface area contributed by atoms with Crippen LogP contribution in [0.1, 0.15) is 25.3 Å². The maximum atomic E-state index is 12.8. The van der Waals surface area contributed by atoms with E-state index in [0.29, 0.717) is 17.9 Å². The molecule has 8 heteroatoms. The summed E-state index contributed by atoms with van der Waals surface area (Å²) in [7, 11) is 0. The monoisotopic (exact) mass is 357 g/mol. The zero-order valence-electron chi connectivity index (χ0n) is 12.7. The fourth-order valence-electron chi connectivity index (χ4n) is 1.96. The molecular weight excluding hydrogens is 343 g/mol. The van der Waals surface area contributed by atoms with E-state index in [2.05, 4.69) is 15.6 Å². The number of nitrogens with one attached hydrogen (secondary N) is 2. The average molecular weight is 358 g/mol. The average Bonchev–Trinajstić information content (AvgIpc) is 2.50. The Morgan fingerprint density at radius 1 is 1.21 bits per heavy atom. The van der Waals surface area contributed by atoms with Gasteiger partial charge in [0.2, 0.25) is 5.91 Å². The number of pyridine rings is 1. The van der Waals surface area contributed by atoms with Gasteiger partial charge in [0.25, 0.3) is 0 Å². The molecule has 0 saturated carbocycles. The van der Waals surface area contributed by atoms with E-state index >= 15 is 0 Å². The Kier molecular flexibility index (Phi) is 5.66. The molecule has 0 atom stereocenters. The van der Waals surface area contributed by atoms with Gasteiger partial charge in [-0.1, -0.05) is 18.5 Å². The number of aromatic nitrogens is 1. The molecule has 0 radical (unpaired) electrons. The molecule has 1 heterocycles. The number of nitrogens with zero attached hydrogens (tertiary/aromatic N) is 1. The van der Waals surface area contributed by atoms with E-state index < -0.39 is 11.7 Å². The van der Waals surface area contributed by atoms with Crippen LogP contribution >= 0.6 is 11.6 Å². The number of halogens is 4. The van der Waals surface area contributed by atoms with Crippen LogP contribution in [-0.4, -0.2) is 10.9 Å². The Bertz CT molecular complexity index is 717. The zero-order valence-corrected chi connectivity index (χ0v) is 13.5. The largest absolute Gasteiger partial charge is 0.417 e. The highest BCUT2D eigenvalue weighted by atomic mass is 35.5. The minimum atomic E-state index is -4.53. The summed E-state index contributed by atoms with van der Waals surface area (Å²) in [6.07, 6.45) is -1.99. The number of hydrogen-bond acceptors (Lipinski definition) is 3. The number of amides is 1. The SMILES string of the molecule is CCCC(=O)Nc1ccc(Nc2ccc(Cl)c(C(F)(F)F)c2)cn1. The second kappa shape index (κ2) is 7.53. The van der Waals surface area contributed by atoms with E-state index in [1.807, 2.05) is 6.92 Å². The molecule has 24 heavy (non-hydrogen) atoms. The molecule has 0 aliphatic rings. The standard InChI is InChI=1S/C16H15ClF3N3O/c1-2-3-15(24)23-14-7-5-11(9-21-14)22-10-4-6-13(17)12(8-10)16(18,19)20/h4-9,22H,2-3H2,1H3,(H,21,23,24). The van der Waals surface area contributed by atoms with E-state index in [1.54, 1.807) is 12.1 Å². The molecule has 128 valence electrons. The van der Waals surface area contributed by atoms with Crippen LogP contribution in [-0.2, 0) is 11.0 Å². The normalized spacial score (nSPS) is 11.2. The first-order valence-corrected chi connectivity index (χ1v) is 7.57. The Labute approximate surface area is 142 Å². The molecule has 1 amide bonds. The van der Waals surface area contributed by atoms with Crippen LogP contribution in [0, 0.1) is 0 Å². The van der Waals surface area contributed by atoms with E-state index in [9.17, 15) is 18.0 Å². The van der Waals surface area contributed by atoms with Crippen LogP contribution in [0.5, 0.6) is 0 Å². The van der Waals surface area contributed by atoms with Gasteiger partial charge in [-0.2, -0.15) is 13.2 Å². The van der Waals surface area contributed by atoms with Crippen molar-refractivity contribution in [3.63, 3.8) is 0 Å². The lowest BCUT2D eigenvalue weighted by Gasteiger charge is -2.12. The minimum absolute atomic E-state index is 0.141. The fourth-order valence-corrected chi connectivity index (χ4v) is 2.19. The minimum Gasteiger partial charge on any atom is -0.354 e. The van der Waals surface area contributed by atoms with E-state index in [1.165, 1.54) is 18.3 Å². The third-order valence-electron chi connectivity index (χ3n) is 3.07. The molecular formula is C16H15ClF3N3O. The molecule has 0 unspecified atom stereocenters. The maximum Gasteiger partial charge on any atom is 0.417 e. The van der Waals surface area contributed by atoms with Crippen molar-refractivity contribution < 1.29 is 18.0 Å². The topological polar surface area (TPSA) is 54.0 Å². The van der Waals surface area contributed by atoms with Gasteiger partial charge in [-0.15, -0.1) is 0 Å². The van der Waals surface area contributed by atoms with Crippen LogP contribution < -0.4 is 10.6 Å². The number of hydrogen-bond donors (Lipinski definition) is 2. The molecule has 2 aromatic rings. The van der Waals surface area contributed by atoms with Gasteiger partial charge in [0, 0.05) is 12.1 Å². The second-order valence-corrected chi connectivity index (χ2v) is 5.45. The summed E-state index contributed by atoms with van der Waals surface area (Å²) in [5.41, 5.74) is -0.194. The highest BCUT2D eigenvalue weighted by Crippen LogP contribution is 2.36. The van der Waals surface area contributed by atoms with Crippen LogP contribution in [0.2, 0.25) is 5.02 Å². The van der Waals surface area contributed by atoms with Crippen molar-refractivity contribution in [2.24, 2.45) is 0 Å². The molecule has 1 aromatic heterocycles. The van der Waals surface area contributed by atoms with E-state index in [4.69, 9.17) is 11.6 Å². The van der Waals surface area contributed by atoms with Crippen LogP contribution in [0.3, 0.4) is 0 Å². The van der Waals surface area contributed by atoms with Gasteiger partial charge >= 0.3 is 6.18 Å². The lowest BCUT2D eigenvalue weighted by molar-refractivity contribution is -0.137. The van der Waals surface area contributed by atoms with Gasteiger partial charge in [0.05, 0.1) is 22.5 Å². The third-order valence-corrected chi connectivity index (χ3v) is 3.40. The highest BCUT2D eigenvalue weighted by molar-refractivity contribution is 6.31. The van der Waals surface area contributed by atoms with Crippen molar-refractivity contribution in [2.45, 2.75) is 25.9 Å². The van der Waals surface area contributed by atoms with Gasteiger partial charge in [0.1, 0.15) is 5.82 Å². The van der Waals surface area contributed by atoms with E-state index in [-0.39, 0.29) is 16.6 Å². The summed E-state index contributed by atoms with van der Waals surface area (Å²) < 4.78 is 38.5. The first kappa shape index (κ1) is 18.1. The van der Waals surface area contributed by atoms with Crippen molar-refractivity contribution >= 4 is 34.7 Å². The molecule has 4 nitrogen and oxygen atoms in total. The zero-order chi connectivity index (χ0) is 17.7. The summed E-state index contributed by atoms with van der Waals surface area (Å²) in [5.74, 6) is 0.240. The molecule has 0 spiro atoms. The van der Waals surface area contributed by atoms with Crippen molar-refractivity contribution in [3.05, 3.63) is 47.1 Å². The van der Waals surface area contributed by atoms with Crippen LogP contribution in [0.25, 0.3) is 0 Å². The third kappa shape index (κ3) is 4.86. The number of carbonyl (C=O) groups is 1. The highest BCUT2D eigenvalue weighted by Gasteiger charge is 2.33. The molecule has 0 aliphatic heterocycles. The summed E-state index contributed by atoms with van der Waals surface area (Å²) in [6, 6.07) is 6.72. The number of anilines is 3. The van der Waals surface area contributed by atoms with Crippen molar-refractivity contribution in [2.75, 3.05) is 10.6 Å². The first-order valence-electron chi connectivity index (χ1n) is 7.19. The number of alkyl halides is 3. The first-order chi connectivity index (χ1) is 11.3. The fraction of sp³-hybridized carbons (Fsp3) is 0.250. The quantitative estimate of drug-likeness (QED) is 0.769. The van der Waals surface area contributed by atoms with Gasteiger partial charge in [-0.05, 0) is 36.8 Å².